The molecule has 1 aromatic carbocycles. The molecular formula is C12H15Br2N2Ni. The van der Waals surface area contributed by atoms with Gasteiger partial charge in [-0.3, -0.25) is 4.99 Å². The van der Waals surface area contributed by atoms with E-state index in [0.717, 1.165) is 18.7 Å². The summed E-state index contributed by atoms with van der Waals surface area (Å²) in [6.45, 7) is 3.09. The van der Waals surface area contributed by atoms with E-state index in [2.05, 4.69) is 51.8 Å². The van der Waals surface area contributed by atoms with Crippen molar-refractivity contribution >= 4 is 40.4 Å². The molecule has 0 aromatic heterocycles. The first kappa shape index (κ1) is 15.4. The summed E-state index contributed by atoms with van der Waals surface area (Å²) >= 11 is 6.00. The van der Waals surface area contributed by atoms with Gasteiger partial charge >= 0.3 is 39.3 Å². The van der Waals surface area contributed by atoms with Crippen LogP contribution >= 0.6 is 28.5 Å². The Bertz CT molecular complexity index is 352. The zero-order chi connectivity index (χ0) is 12.5. The summed E-state index contributed by atoms with van der Waals surface area (Å²) in [6.07, 6.45) is 4.36. The average Bonchev–Trinajstić information content (AvgIpc) is 2.82. The SMILES string of the molecule is Cc1ccccc1N=CC1CCC[N-]1.[Br][Ni+][Br]. The number of aliphatic imine (C=N–C) groups is 1. The minimum atomic E-state index is 0.356. The van der Waals surface area contributed by atoms with Crippen LogP contribution in [0.25, 0.3) is 5.32 Å². The van der Waals surface area contributed by atoms with Gasteiger partial charge in [-0.05, 0) is 24.8 Å². The molecule has 0 aliphatic carbocycles. The standard InChI is InChI=1S/C12H15N2.2BrH.Ni/c1-10-5-2-3-7-12(10)14-9-11-6-4-8-13-11;;;/h2-3,5,7,9,11H,4,6,8H2,1H3;2*1H;/q-1;;;+3/p-2. The molecule has 2 rings (SSSR count). The number of hydrogen-bond acceptors (Lipinski definition) is 1. The summed E-state index contributed by atoms with van der Waals surface area (Å²) in [5, 5.41) is 4.43. The molecular weight excluding hydrogens is 391 g/mol. The Morgan fingerprint density at radius 2 is 2.12 bits per heavy atom. The number of benzene rings is 1. The number of nitrogens with zero attached hydrogens (tertiary/aromatic N) is 2. The van der Waals surface area contributed by atoms with Gasteiger partial charge in [0.25, 0.3) is 0 Å². The van der Waals surface area contributed by atoms with Crippen molar-refractivity contribution in [2.75, 3.05) is 6.54 Å². The maximum absolute atomic E-state index is 4.47. The average molecular weight is 406 g/mol. The Hall–Kier alpha value is 0.304. The zero-order valence-corrected chi connectivity index (χ0v) is 13.7. The van der Waals surface area contributed by atoms with Crippen LogP contribution in [-0.2, 0) is 10.9 Å². The molecule has 0 bridgehead atoms. The molecule has 0 spiro atoms. The van der Waals surface area contributed by atoms with Gasteiger partial charge in [0.15, 0.2) is 0 Å². The van der Waals surface area contributed by atoms with Crippen molar-refractivity contribution in [1.82, 2.24) is 0 Å². The van der Waals surface area contributed by atoms with E-state index in [0.29, 0.717) is 6.04 Å². The summed E-state index contributed by atoms with van der Waals surface area (Å²) in [6, 6.07) is 8.54. The van der Waals surface area contributed by atoms with E-state index >= 15 is 0 Å². The zero-order valence-electron chi connectivity index (χ0n) is 9.55. The van der Waals surface area contributed by atoms with Crippen LogP contribution in [0.15, 0.2) is 29.3 Å². The molecule has 0 saturated carbocycles. The summed E-state index contributed by atoms with van der Waals surface area (Å²) in [5.41, 5.74) is 2.29. The van der Waals surface area contributed by atoms with Gasteiger partial charge < -0.3 is 5.32 Å². The number of rotatable bonds is 2. The summed E-state index contributed by atoms with van der Waals surface area (Å²) < 4.78 is 0. The molecule has 1 saturated heterocycles. The van der Waals surface area contributed by atoms with Crippen LogP contribution in [0, 0.1) is 6.92 Å². The third-order valence-corrected chi connectivity index (χ3v) is 2.52. The van der Waals surface area contributed by atoms with Crippen LogP contribution in [-0.4, -0.2) is 18.8 Å². The predicted molar refractivity (Wildman–Crippen MR) is 78.4 cm³/mol. The molecule has 1 aliphatic rings. The molecule has 0 N–H and O–H groups in total. The van der Waals surface area contributed by atoms with E-state index in [4.69, 9.17) is 0 Å². The van der Waals surface area contributed by atoms with Crippen LogP contribution in [0.1, 0.15) is 18.4 Å². The molecule has 0 amide bonds. The van der Waals surface area contributed by atoms with Crippen molar-refractivity contribution in [2.45, 2.75) is 25.8 Å². The summed E-state index contributed by atoms with van der Waals surface area (Å²) in [5.74, 6) is 0. The van der Waals surface area contributed by atoms with Crippen molar-refractivity contribution in [1.29, 1.82) is 0 Å². The molecule has 0 radical (unpaired) electrons. The van der Waals surface area contributed by atoms with Crippen molar-refractivity contribution in [3.05, 3.63) is 35.1 Å². The second-order valence-corrected chi connectivity index (χ2v) is 8.71. The van der Waals surface area contributed by atoms with Crippen LogP contribution < -0.4 is 0 Å². The van der Waals surface area contributed by atoms with Gasteiger partial charge in [0.05, 0.1) is 5.69 Å². The monoisotopic (exact) mass is 403 g/mol. The van der Waals surface area contributed by atoms with Gasteiger partial charge in [0.2, 0.25) is 0 Å². The van der Waals surface area contributed by atoms with E-state index < -0.39 is 0 Å². The Labute approximate surface area is 123 Å². The minimum absolute atomic E-state index is 0.356. The molecule has 1 unspecified atom stereocenters. The second kappa shape index (κ2) is 9.26. The van der Waals surface area contributed by atoms with Crippen molar-refractivity contribution in [3.8, 4) is 0 Å². The first-order valence-corrected chi connectivity index (χ1v) is 10.2. The van der Waals surface area contributed by atoms with Crippen molar-refractivity contribution < 1.29 is 10.9 Å². The van der Waals surface area contributed by atoms with Crippen LogP contribution in [0.5, 0.6) is 0 Å². The van der Waals surface area contributed by atoms with E-state index in [1.807, 2.05) is 24.4 Å². The first-order chi connectivity index (χ1) is 8.27. The van der Waals surface area contributed by atoms with Crippen LogP contribution in [0.4, 0.5) is 5.69 Å². The van der Waals surface area contributed by atoms with Crippen molar-refractivity contribution in [2.24, 2.45) is 4.99 Å². The summed E-state index contributed by atoms with van der Waals surface area (Å²) in [7, 11) is 1.25. The van der Waals surface area contributed by atoms with E-state index in [-0.39, 0.29) is 0 Å². The van der Waals surface area contributed by atoms with Gasteiger partial charge in [0.1, 0.15) is 0 Å². The second-order valence-electron chi connectivity index (χ2n) is 3.73. The molecule has 1 aliphatic heterocycles. The molecule has 97 valence electrons. The number of halogens is 2. The van der Waals surface area contributed by atoms with E-state index in [9.17, 15) is 0 Å². The van der Waals surface area contributed by atoms with Gasteiger partial charge in [-0.25, -0.2) is 0 Å². The predicted octanol–water partition coefficient (Wildman–Crippen LogP) is 4.92. The number of para-hydroxylation sites is 1. The molecule has 1 atom stereocenters. The van der Waals surface area contributed by atoms with Crippen LogP contribution in [0.3, 0.4) is 0 Å². The third-order valence-electron chi connectivity index (χ3n) is 2.52. The van der Waals surface area contributed by atoms with Gasteiger partial charge in [-0.15, -0.1) is 6.54 Å². The van der Waals surface area contributed by atoms with Crippen LogP contribution in [0.2, 0.25) is 0 Å². The number of aryl methyl sites for hydroxylation is 1. The Balaban J connectivity index is 0.000000437. The Morgan fingerprint density at radius 3 is 2.71 bits per heavy atom. The summed E-state index contributed by atoms with van der Waals surface area (Å²) in [4.78, 5) is 4.47. The molecule has 5 heteroatoms. The Morgan fingerprint density at radius 1 is 1.41 bits per heavy atom. The fourth-order valence-electron chi connectivity index (χ4n) is 1.65. The quantitative estimate of drug-likeness (QED) is 0.493. The fourth-order valence-corrected chi connectivity index (χ4v) is 1.65. The van der Waals surface area contributed by atoms with E-state index in [1.165, 1.54) is 22.9 Å². The molecule has 17 heavy (non-hydrogen) atoms. The molecule has 2 nitrogen and oxygen atoms in total. The number of hydrogen-bond donors (Lipinski definition) is 0. The van der Waals surface area contributed by atoms with Gasteiger partial charge in [-0.2, -0.15) is 0 Å². The van der Waals surface area contributed by atoms with E-state index in [1.54, 1.807) is 0 Å². The van der Waals surface area contributed by atoms with Gasteiger partial charge in [-0.1, -0.05) is 37.1 Å². The van der Waals surface area contributed by atoms with Crippen molar-refractivity contribution in [3.63, 3.8) is 0 Å². The Kier molecular flexibility index (Phi) is 8.37. The molecule has 1 fully saturated rings. The normalized spacial score (nSPS) is 19.4. The molecule has 1 heterocycles. The fraction of sp³-hybridized carbons (Fsp3) is 0.417. The topological polar surface area (TPSA) is 26.5 Å². The van der Waals surface area contributed by atoms with Gasteiger partial charge in [0, 0.05) is 0 Å². The molecule has 1 aromatic rings. The maximum atomic E-state index is 4.47. The third kappa shape index (κ3) is 6.14. The first-order valence-electron chi connectivity index (χ1n) is 5.36.